The van der Waals surface area contributed by atoms with Crippen LogP contribution in [0, 0.1) is 0 Å². The maximum atomic E-state index is 10.1. The predicted molar refractivity (Wildman–Crippen MR) is 72.0 cm³/mol. The van der Waals surface area contributed by atoms with Crippen LogP contribution in [0.4, 0.5) is 0 Å². The number of nitrogens with zero attached hydrogens (tertiary/aromatic N) is 1. The molecule has 19 heavy (non-hydrogen) atoms. The molecule has 0 fully saturated rings. The van der Waals surface area contributed by atoms with Crippen molar-refractivity contribution in [3.05, 3.63) is 0 Å². The van der Waals surface area contributed by atoms with E-state index in [4.69, 9.17) is 15.9 Å². The molecule has 0 saturated heterocycles. The first kappa shape index (κ1) is 23.6. The highest BCUT2D eigenvalue weighted by atomic mass is 35.5. The molecular formula is C9H23ClN2O6S. The van der Waals surface area contributed by atoms with E-state index in [-0.39, 0.29) is 25.4 Å². The van der Waals surface area contributed by atoms with E-state index in [1.165, 1.54) is 0 Å². The number of aliphatic hydroxyl groups is 1. The third kappa shape index (κ3) is 26.9. The molecule has 10 heteroatoms. The van der Waals surface area contributed by atoms with Gasteiger partial charge in [0.25, 0.3) is 0 Å². The molecule has 0 aromatic carbocycles. The fourth-order valence-corrected chi connectivity index (χ4v) is 1.33. The molecule has 1 atom stereocenters. The Morgan fingerprint density at radius 2 is 1.79 bits per heavy atom. The second kappa shape index (κ2) is 10.4. The molecule has 0 unspecified atom stereocenters. The van der Waals surface area contributed by atoms with Crippen molar-refractivity contribution in [1.29, 1.82) is 0 Å². The van der Waals surface area contributed by atoms with Crippen LogP contribution in [-0.2, 0) is 14.9 Å². The van der Waals surface area contributed by atoms with Gasteiger partial charge < -0.3 is 25.0 Å². The molecule has 8 nitrogen and oxygen atoms in total. The Labute approximate surface area is 120 Å². The molecule has 0 rings (SSSR count). The van der Waals surface area contributed by atoms with Crippen LogP contribution in [0.3, 0.4) is 0 Å². The second-order valence-corrected chi connectivity index (χ2v) is 6.30. The zero-order valence-electron chi connectivity index (χ0n) is 11.3. The van der Waals surface area contributed by atoms with Gasteiger partial charge in [0, 0.05) is 6.54 Å². The number of hydrogen-bond donors (Lipinski definition) is 3. The first-order valence-electron chi connectivity index (χ1n) is 5.21. The lowest BCUT2D eigenvalue weighted by molar-refractivity contribution is -0.873. The van der Waals surface area contributed by atoms with Crippen molar-refractivity contribution in [2.75, 3.05) is 40.0 Å². The smallest absolute Gasteiger partial charge is 0.306 e. The minimum atomic E-state index is -4.05. The fraction of sp³-hybridized carbons (Fsp3) is 0.889. The third-order valence-corrected chi connectivity index (χ3v) is 2.27. The zero-order chi connectivity index (χ0) is 15.0. The minimum Gasteiger partial charge on any atom is -0.748 e. The van der Waals surface area contributed by atoms with Crippen LogP contribution < -0.4 is 5.73 Å². The van der Waals surface area contributed by atoms with Crippen molar-refractivity contribution in [1.82, 2.24) is 0 Å². The van der Waals surface area contributed by atoms with E-state index in [0.29, 0.717) is 11.0 Å². The van der Waals surface area contributed by atoms with Gasteiger partial charge in [-0.3, -0.25) is 4.79 Å². The monoisotopic (exact) mass is 322 g/mol. The molecule has 0 aromatic heterocycles. The summed E-state index contributed by atoms with van der Waals surface area (Å²) in [6.07, 6.45) is -0.914. The van der Waals surface area contributed by atoms with Crippen molar-refractivity contribution >= 4 is 28.5 Å². The molecule has 0 spiro atoms. The number of rotatable bonds is 6. The maximum Gasteiger partial charge on any atom is 0.306 e. The van der Waals surface area contributed by atoms with Crippen LogP contribution in [0.2, 0.25) is 0 Å². The number of carboxylic acid groups (broad SMARTS) is 1. The molecule has 118 valence electrons. The summed E-state index contributed by atoms with van der Waals surface area (Å²) in [5.41, 5.74) is 4.74. The molecule has 0 saturated carbocycles. The minimum absolute atomic E-state index is 0. The second-order valence-electron chi connectivity index (χ2n) is 4.78. The summed E-state index contributed by atoms with van der Waals surface area (Å²) in [4.78, 5) is 10.1. The molecular weight excluding hydrogens is 300 g/mol. The van der Waals surface area contributed by atoms with Gasteiger partial charge in [0.2, 0.25) is 0 Å². The highest BCUT2D eigenvalue weighted by Gasteiger charge is 2.17. The molecule has 0 aliphatic heterocycles. The van der Waals surface area contributed by atoms with E-state index < -0.39 is 27.9 Å². The molecule has 0 amide bonds. The maximum absolute atomic E-state index is 10.1. The SMILES string of the molecule is C[N+](C)(C)C[C@@H](O)CC(=O)O.Cl.NCCS(=O)(=O)[O-]. The van der Waals surface area contributed by atoms with Gasteiger partial charge in [-0.05, 0) is 0 Å². The number of quaternary nitrogens is 1. The van der Waals surface area contributed by atoms with E-state index in [0.717, 1.165) is 0 Å². The Morgan fingerprint density at radius 1 is 1.37 bits per heavy atom. The number of nitrogens with two attached hydrogens (primary N) is 1. The first-order valence-corrected chi connectivity index (χ1v) is 6.79. The van der Waals surface area contributed by atoms with Crippen molar-refractivity contribution in [3.8, 4) is 0 Å². The standard InChI is InChI=1S/C7H15NO3.C2H7NO3S.ClH/c1-8(2,3)5-6(9)4-7(10)11;3-1-2-7(4,5)6;/h6,9H,4-5H2,1-3H3;1-3H2,(H,4,5,6);1H/t6-;;/m0../s1. The van der Waals surface area contributed by atoms with Crippen molar-refractivity contribution in [3.63, 3.8) is 0 Å². The zero-order valence-corrected chi connectivity index (χ0v) is 12.9. The number of hydrogen-bond acceptors (Lipinski definition) is 6. The first-order chi connectivity index (χ1) is 7.87. The average molecular weight is 323 g/mol. The van der Waals surface area contributed by atoms with Gasteiger partial charge in [-0.15, -0.1) is 12.4 Å². The highest BCUT2D eigenvalue weighted by Crippen LogP contribution is 1.98. The number of aliphatic carboxylic acids is 1. The Kier molecular flexibility index (Phi) is 12.9. The summed E-state index contributed by atoms with van der Waals surface area (Å²) in [5, 5.41) is 17.5. The van der Waals surface area contributed by atoms with Crippen LogP contribution in [0.25, 0.3) is 0 Å². The molecule has 0 bridgehead atoms. The van der Waals surface area contributed by atoms with Crippen molar-refractivity contribution in [2.24, 2.45) is 5.73 Å². The lowest BCUT2D eigenvalue weighted by Gasteiger charge is -2.25. The number of carbonyl (C=O) groups is 1. The Hall–Kier alpha value is -0.450. The van der Waals surface area contributed by atoms with Gasteiger partial charge in [0.15, 0.2) is 0 Å². The summed E-state index contributed by atoms with van der Waals surface area (Å²) in [5.74, 6) is -1.42. The van der Waals surface area contributed by atoms with Crippen LogP contribution in [-0.4, -0.2) is 79.7 Å². The molecule has 0 heterocycles. The molecule has 0 radical (unpaired) electrons. The fourth-order valence-electron chi connectivity index (χ4n) is 1.04. The quantitative estimate of drug-likeness (QED) is 0.396. The topological polar surface area (TPSA) is 141 Å². The number of halogens is 1. The Bertz CT molecular complexity index is 341. The van der Waals surface area contributed by atoms with Gasteiger partial charge in [-0.2, -0.15) is 0 Å². The van der Waals surface area contributed by atoms with Gasteiger partial charge in [0.05, 0.1) is 43.4 Å². The normalized spacial score (nSPS) is 12.7. The Balaban J connectivity index is -0.000000280. The number of carboxylic acids is 1. The van der Waals surface area contributed by atoms with Gasteiger partial charge in [0.1, 0.15) is 12.6 Å². The summed E-state index contributed by atoms with van der Waals surface area (Å²) < 4.78 is 29.4. The van der Waals surface area contributed by atoms with Gasteiger partial charge in [-0.25, -0.2) is 8.42 Å². The van der Waals surface area contributed by atoms with Gasteiger partial charge in [-0.1, -0.05) is 0 Å². The third-order valence-electron chi connectivity index (χ3n) is 1.54. The van der Waals surface area contributed by atoms with E-state index >= 15 is 0 Å². The largest absolute Gasteiger partial charge is 0.748 e. The lowest BCUT2D eigenvalue weighted by atomic mass is 10.2. The highest BCUT2D eigenvalue weighted by molar-refractivity contribution is 7.85. The van der Waals surface area contributed by atoms with E-state index in [1.807, 2.05) is 21.1 Å². The molecule has 0 aliphatic carbocycles. The van der Waals surface area contributed by atoms with E-state index in [9.17, 15) is 17.8 Å². The predicted octanol–water partition coefficient (Wildman–Crippen LogP) is -1.56. The lowest BCUT2D eigenvalue weighted by Crippen LogP contribution is -2.42. The Morgan fingerprint density at radius 3 is 1.95 bits per heavy atom. The van der Waals surface area contributed by atoms with Crippen LogP contribution >= 0.6 is 12.4 Å². The number of aliphatic hydroxyl groups excluding tert-OH is 1. The van der Waals surface area contributed by atoms with E-state index in [2.05, 4.69) is 0 Å². The molecule has 0 aromatic rings. The van der Waals surface area contributed by atoms with E-state index in [1.54, 1.807) is 0 Å². The van der Waals surface area contributed by atoms with Crippen LogP contribution in [0.1, 0.15) is 6.42 Å². The summed E-state index contributed by atoms with van der Waals surface area (Å²) in [6, 6.07) is 0. The summed E-state index contributed by atoms with van der Waals surface area (Å²) in [6.45, 7) is 0.373. The van der Waals surface area contributed by atoms with Crippen LogP contribution in [0.15, 0.2) is 0 Å². The number of likely N-dealkylation sites (N-methyl/N-ethyl adjacent to an activating group) is 1. The van der Waals surface area contributed by atoms with Crippen molar-refractivity contribution < 1.29 is 32.5 Å². The van der Waals surface area contributed by atoms with Crippen LogP contribution in [0.5, 0.6) is 0 Å². The molecule has 0 aliphatic rings. The van der Waals surface area contributed by atoms with Gasteiger partial charge >= 0.3 is 5.97 Å². The summed E-state index contributed by atoms with van der Waals surface area (Å²) >= 11 is 0. The van der Waals surface area contributed by atoms with Crippen molar-refractivity contribution in [2.45, 2.75) is 12.5 Å². The summed E-state index contributed by atoms with van der Waals surface area (Å²) in [7, 11) is 1.67. The average Bonchev–Trinajstić information content (AvgIpc) is 1.95. The molecule has 4 N–H and O–H groups in total.